The smallest absolute Gasteiger partial charge is 0.266 e. The van der Waals surface area contributed by atoms with Gasteiger partial charge < -0.3 is 20.8 Å². The molecule has 2 amide bonds. The lowest BCUT2D eigenvalue weighted by molar-refractivity contribution is -0.116. The number of aryl methyl sites for hydroxylation is 2. The first-order chi connectivity index (χ1) is 39.7. The van der Waals surface area contributed by atoms with Gasteiger partial charge in [0.05, 0.1) is 54.4 Å². The Balaban J connectivity index is 0.000000180. The SMILES string of the molecule is Cc1cccc([C@@H](CO)NC(=O)C2=Nc3cc4c(-c5ccncc5)nn(C(c5ccccc5)(c5ccccc5)c5ccccc5)c4cc3C2)c1.Cc1cccc([C@@H](CO)NC(=O)C2=Nc3cc4c(cc3C2)CN=C4c2ccncc2)c1. The number of hydrogen-bond acceptors (Lipinski definition) is 10. The normalized spacial score (nSPS) is 13.9. The van der Waals surface area contributed by atoms with Gasteiger partial charge >= 0.3 is 0 Å². The molecule has 13 rings (SSSR count). The van der Waals surface area contributed by atoms with Gasteiger partial charge in [-0.25, -0.2) is 14.7 Å². The van der Waals surface area contributed by atoms with Crippen molar-refractivity contribution in [3.63, 3.8) is 0 Å². The molecule has 0 radical (unpaired) electrons. The van der Waals surface area contributed by atoms with Gasteiger partial charge in [-0.15, -0.1) is 0 Å². The highest BCUT2D eigenvalue weighted by molar-refractivity contribution is 6.41. The summed E-state index contributed by atoms with van der Waals surface area (Å²) >= 11 is 0. The van der Waals surface area contributed by atoms with Gasteiger partial charge in [-0.05, 0) is 101 Å². The molecule has 3 aliphatic rings. The average molecular weight is 1060 g/mol. The summed E-state index contributed by atoms with van der Waals surface area (Å²) in [6.07, 6.45) is 7.90. The van der Waals surface area contributed by atoms with E-state index in [0.717, 1.165) is 106 Å². The molecule has 0 saturated heterocycles. The molecule has 0 aliphatic carbocycles. The molecule has 4 N–H and O–H groups in total. The number of aromatic nitrogens is 4. The quantitative estimate of drug-likeness (QED) is 0.0783. The molecular formula is C68H57N9O4. The second kappa shape index (κ2) is 22.5. The fraction of sp³-hybridized carbons (Fsp3) is 0.147. The van der Waals surface area contributed by atoms with Crippen LogP contribution < -0.4 is 10.6 Å². The number of nitrogens with zero attached hydrogens (tertiary/aromatic N) is 7. The molecule has 0 spiro atoms. The van der Waals surface area contributed by atoms with Crippen LogP contribution in [0, 0.1) is 13.8 Å². The zero-order chi connectivity index (χ0) is 55.5. The highest BCUT2D eigenvalue weighted by Gasteiger charge is 2.41. The number of amides is 2. The summed E-state index contributed by atoms with van der Waals surface area (Å²) in [6.45, 7) is 4.22. The number of benzene rings is 7. The monoisotopic (exact) mass is 1060 g/mol. The predicted molar refractivity (Wildman–Crippen MR) is 317 cm³/mol. The van der Waals surface area contributed by atoms with Gasteiger partial charge in [0.25, 0.3) is 11.8 Å². The van der Waals surface area contributed by atoms with E-state index < -0.39 is 17.6 Å². The standard InChI is InChI=1S/C43H35N5O2.C25H22N4O2/c1-29-12-11-13-31(24-29)39(28-49)46-42(50)38-25-32-26-40-36(27-37(32)45-38)41(30-20-22-44-23-21-30)47-48(40)43(33-14-5-2-6-15-33,34-16-7-3-8-17-34)35-18-9-4-10-19-35;1-15-3-2-4-17(9-15)23(14-30)29-25(31)22-11-18-10-19-13-27-24(16-5-7-26-8-6-16)20(19)12-21(18)28-22/h2-24,26-27,39,49H,25,28H2,1H3,(H,46,50);2-10,12,23,30H,11,13-14H2,1H3,(H,29,31)/t39-;23-/m11/s1. The van der Waals surface area contributed by atoms with Crippen LogP contribution in [0.3, 0.4) is 0 Å². The molecule has 13 nitrogen and oxygen atoms in total. The first kappa shape index (κ1) is 51.9. The molecule has 13 heteroatoms. The van der Waals surface area contributed by atoms with Gasteiger partial charge in [0.2, 0.25) is 0 Å². The average Bonchev–Trinajstić information content (AvgIpc) is 3.68. The minimum Gasteiger partial charge on any atom is -0.394 e. The maximum Gasteiger partial charge on any atom is 0.266 e. The second-order valence-corrected chi connectivity index (χ2v) is 20.6. The highest BCUT2D eigenvalue weighted by Crippen LogP contribution is 2.46. The van der Waals surface area contributed by atoms with E-state index in [-0.39, 0.29) is 25.0 Å². The molecule has 0 fully saturated rings. The van der Waals surface area contributed by atoms with E-state index >= 15 is 0 Å². The number of carbonyl (C=O) groups excluding carboxylic acids is 2. The van der Waals surface area contributed by atoms with Crippen molar-refractivity contribution in [1.82, 2.24) is 30.4 Å². The Morgan fingerprint density at radius 1 is 0.543 bits per heavy atom. The molecule has 0 unspecified atom stereocenters. The van der Waals surface area contributed by atoms with Crippen LogP contribution in [0.4, 0.5) is 11.4 Å². The van der Waals surface area contributed by atoms with Gasteiger partial charge in [0.1, 0.15) is 22.7 Å². The van der Waals surface area contributed by atoms with Crippen LogP contribution in [0.15, 0.2) is 228 Å². The summed E-state index contributed by atoms with van der Waals surface area (Å²) in [5.41, 5.74) is 17.4. The lowest BCUT2D eigenvalue weighted by atomic mass is 9.77. The molecule has 0 bridgehead atoms. The number of fused-ring (bicyclic) bond motifs is 4. The van der Waals surface area contributed by atoms with E-state index in [1.165, 1.54) is 0 Å². The highest BCUT2D eigenvalue weighted by atomic mass is 16.3. The summed E-state index contributed by atoms with van der Waals surface area (Å²) in [5.74, 6) is -0.547. The molecule has 2 atom stereocenters. The summed E-state index contributed by atoms with van der Waals surface area (Å²) in [4.78, 5) is 49.1. The number of nitrogens with one attached hydrogen (secondary N) is 2. The van der Waals surface area contributed by atoms with Crippen molar-refractivity contribution in [2.75, 3.05) is 13.2 Å². The van der Waals surface area contributed by atoms with E-state index in [1.54, 1.807) is 24.8 Å². The number of pyridine rings is 2. The number of aliphatic hydroxyl groups is 2. The fourth-order valence-electron chi connectivity index (χ4n) is 11.3. The molecule has 398 valence electrons. The molecule has 0 saturated carbocycles. The number of aliphatic imine (C=N–C) groups is 3. The van der Waals surface area contributed by atoms with E-state index in [0.29, 0.717) is 30.8 Å². The van der Waals surface area contributed by atoms with Crippen LogP contribution in [0.25, 0.3) is 22.2 Å². The number of rotatable bonds is 14. The van der Waals surface area contributed by atoms with Crippen molar-refractivity contribution < 1.29 is 19.8 Å². The largest absolute Gasteiger partial charge is 0.394 e. The summed E-state index contributed by atoms with van der Waals surface area (Å²) in [5, 5.41) is 32.3. The maximum absolute atomic E-state index is 13.7. The van der Waals surface area contributed by atoms with Crippen LogP contribution in [-0.2, 0) is 34.5 Å². The van der Waals surface area contributed by atoms with Crippen molar-refractivity contribution >= 4 is 51.2 Å². The third-order valence-electron chi connectivity index (χ3n) is 15.3. The van der Waals surface area contributed by atoms with Crippen molar-refractivity contribution in [2.45, 2.75) is 50.9 Å². The Morgan fingerprint density at radius 2 is 1.02 bits per heavy atom. The molecule has 3 aromatic heterocycles. The topological polar surface area (TPSA) is 179 Å². The minimum atomic E-state index is -0.844. The van der Waals surface area contributed by atoms with Gasteiger partial charge in [-0.2, -0.15) is 5.10 Å². The van der Waals surface area contributed by atoms with E-state index in [2.05, 4.69) is 121 Å². The third kappa shape index (κ3) is 10.2. The molecule has 81 heavy (non-hydrogen) atoms. The molecular weight excluding hydrogens is 1010 g/mol. The fourth-order valence-corrected chi connectivity index (χ4v) is 11.3. The Hall–Kier alpha value is -9.82. The van der Waals surface area contributed by atoms with E-state index in [1.807, 2.05) is 111 Å². The van der Waals surface area contributed by atoms with Gasteiger partial charge in [0, 0.05) is 59.7 Å². The Bertz CT molecular complexity index is 3970. The summed E-state index contributed by atoms with van der Waals surface area (Å²) in [6, 6.07) is 62.2. The number of aliphatic hydroxyl groups excluding tert-OH is 2. The Morgan fingerprint density at radius 3 is 1.52 bits per heavy atom. The maximum atomic E-state index is 13.7. The first-order valence-corrected chi connectivity index (χ1v) is 27.0. The minimum absolute atomic E-state index is 0.171. The van der Waals surface area contributed by atoms with Crippen LogP contribution in [0.2, 0.25) is 0 Å². The van der Waals surface area contributed by atoms with Crippen molar-refractivity contribution in [3.8, 4) is 11.3 Å². The van der Waals surface area contributed by atoms with E-state index in [4.69, 9.17) is 15.1 Å². The van der Waals surface area contributed by atoms with Crippen LogP contribution in [0.1, 0.15) is 78.8 Å². The Labute approximate surface area is 469 Å². The predicted octanol–water partition coefficient (Wildman–Crippen LogP) is 10.9. The van der Waals surface area contributed by atoms with Gasteiger partial charge in [-0.3, -0.25) is 24.5 Å². The molecule has 6 heterocycles. The first-order valence-electron chi connectivity index (χ1n) is 27.0. The van der Waals surface area contributed by atoms with Crippen molar-refractivity contribution in [2.24, 2.45) is 15.0 Å². The van der Waals surface area contributed by atoms with Crippen LogP contribution in [-0.4, -0.2) is 72.1 Å². The van der Waals surface area contributed by atoms with Crippen molar-refractivity contribution in [3.05, 3.63) is 280 Å². The van der Waals surface area contributed by atoms with Gasteiger partial charge in [0.15, 0.2) is 0 Å². The summed E-state index contributed by atoms with van der Waals surface area (Å²) < 4.78 is 2.15. The van der Waals surface area contributed by atoms with Crippen LogP contribution >= 0.6 is 0 Å². The zero-order valence-electron chi connectivity index (χ0n) is 44.7. The molecule has 10 aromatic rings. The van der Waals surface area contributed by atoms with E-state index in [9.17, 15) is 19.8 Å². The summed E-state index contributed by atoms with van der Waals surface area (Å²) in [7, 11) is 0. The van der Waals surface area contributed by atoms with Gasteiger partial charge in [-0.1, -0.05) is 157 Å². The Kier molecular flexibility index (Phi) is 14.4. The lowest BCUT2D eigenvalue weighted by Crippen LogP contribution is -2.38. The second-order valence-electron chi connectivity index (χ2n) is 20.6. The molecule has 3 aliphatic heterocycles. The lowest BCUT2D eigenvalue weighted by Gasteiger charge is -2.37. The number of hydrogen-bond donors (Lipinski definition) is 4. The van der Waals surface area contributed by atoms with Crippen molar-refractivity contribution in [1.29, 1.82) is 0 Å². The molecule has 7 aromatic carbocycles. The zero-order valence-corrected chi connectivity index (χ0v) is 44.7. The third-order valence-corrected chi connectivity index (χ3v) is 15.3. The van der Waals surface area contributed by atoms with Crippen LogP contribution in [0.5, 0.6) is 0 Å². The number of carbonyl (C=O) groups is 2.